The second kappa shape index (κ2) is 5.33. The van der Waals surface area contributed by atoms with Crippen LogP contribution in [0.3, 0.4) is 0 Å². The number of allylic oxidation sites excluding steroid dienone is 2. The van der Waals surface area contributed by atoms with Crippen LogP contribution in [-0.4, -0.2) is 5.78 Å². The fraction of sp³-hybridized carbons (Fsp3) is 0.250. The lowest BCUT2D eigenvalue weighted by Gasteiger charge is -2.13. The summed E-state index contributed by atoms with van der Waals surface area (Å²) in [6.07, 6.45) is 1.52. The zero-order valence-electron chi connectivity index (χ0n) is 12.9. The lowest BCUT2D eigenvalue weighted by atomic mass is 9.91. The van der Waals surface area contributed by atoms with E-state index >= 15 is 0 Å². The lowest BCUT2D eigenvalue weighted by Crippen LogP contribution is -1.92. The molecular formula is C20H20O. The molecule has 1 aliphatic carbocycles. The highest BCUT2D eigenvalue weighted by atomic mass is 16.1. The van der Waals surface area contributed by atoms with Crippen LogP contribution in [-0.2, 0) is 4.79 Å². The highest BCUT2D eigenvalue weighted by Crippen LogP contribution is 2.37. The van der Waals surface area contributed by atoms with E-state index in [0.717, 1.165) is 12.0 Å². The Balaban J connectivity index is 2.19. The summed E-state index contributed by atoms with van der Waals surface area (Å²) in [5.74, 6) is 0.292. The van der Waals surface area contributed by atoms with Gasteiger partial charge in [-0.1, -0.05) is 53.6 Å². The Bertz CT molecular complexity index is 730. The molecule has 21 heavy (non-hydrogen) atoms. The van der Waals surface area contributed by atoms with E-state index in [1.165, 1.54) is 33.4 Å². The Labute approximate surface area is 126 Å². The number of hydrogen-bond donors (Lipinski definition) is 0. The molecule has 0 radical (unpaired) electrons. The van der Waals surface area contributed by atoms with Crippen molar-refractivity contribution < 1.29 is 4.79 Å². The van der Waals surface area contributed by atoms with Crippen LogP contribution in [0.1, 0.15) is 36.5 Å². The maximum absolute atomic E-state index is 11.9. The first-order valence-corrected chi connectivity index (χ1v) is 7.47. The van der Waals surface area contributed by atoms with Crippen LogP contribution in [0.5, 0.6) is 0 Å². The van der Waals surface area contributed by atoms with Crippen molar-refractivity contribution in [2.75, 3.05) is 0 Å². The molecule has 0 atom stereocenters. The van der Waals surface area contributed by atoms with E-state index in [4.69, 9.17) is 0 Å². The second-order valence-corrected chi connectivity index (χ2v) is 5.95. The van der Waals surface area contributed by atoms with Crippen LogP contribution in [0, 0.1) is 13.8 Å². The summed E-state index contributed by atoms with van der Waals surface area (Å²) in [4.78, 5) is 11.9. The van der Waals surface area contributed by atoms with E-state index in [1.54, 1.807) is 0 Å². The van der Waals surface area contributed by atoms with Gasteiger partial charge in [0.25, 0.3) is 0 Å². The predicted octanol–water partition coefficient (Wildman–Crippen LogP) is 5.11. The maximum atomic E-state index is 11.9. The zero-order valence-corrected chi connectivity index (χ0v) is 12.9. The molecule has 0 unspecified atom stereocenters. The summed E-state index contributed by atoms with van der Waals surface area (Å²) >= 11 is 0. The topological polar surface area (TPSA) is 17.1 Å². The molecule has 106 valence electrons. The van der Waals surface area contributed by atoms with E-state index in [1.807, 2.05) is 6.92 Å². The van der Waals surface area contributed by atoms with E-state index in [-0.39, 0.29) is 0 Å². The van der Waals surface area contributed by atoms with Gasteiger partial charge in [0.1, 0.15) is 0 Å². The molecule has 0 amide bonds. The number of carbonyl (C=O) groups excluding carboxylic acids is 1. The fourth-order valence-corrected chi connectivity index (χ4v) is 3.25. The van der Waals surface area contributed by atoms with Gasteiger partial charge in [-0.05, 0) is 55.0 Å². The Morgan fingerprint density at radius 3 is 2.00 bits per heavy atom. The maximum Gasteiger partial charge on any atom is 0.159 e. The van der Waals surface area contributed by atoms with Crippen LogP contribution in [0.2, 0.25) is 0 Å². The van der Waals surface area contributed by atoms with Crippen molar-refractivity contribution in [3.63, 3.8) is 0 Å². The van der Waals surface area contributed by atoms with E-state index in [0.29, 0.717) is 12.2 Å². The highest BCUT2D eigenvalue weighted by molar-refractivity contribution is 6.07. The molecule has 0 fully saturated rings. The van der Waals surface area contributed by atoms with Crippen LogP contribution >= 0.6 is 0 Å². The van der Waals surface area contributed by atoms with E-state index in [2.05, 4.69) is 56.3 Å². The number of ketones is 1. The van der Waals surface area contributed by atoms with Gasteiger partial charge < -0.3 is 0 Å². The van der Waals surface area contributed by atoms with Crippen molar-refractivity contribution in [3.05, 3.63) is 64.7 Å². The quantitative estimate of drug-likeness (QED) is 0.745. The third kappa shape index (κ3) is 2.56. The minimum absolute atomic E-state index is 0.292. The summed E-state index contributed by atoms with van der Waals surface area (Å²) in [6.45, 7) is 6.22. The predicted molar refractivity (Wildman–Crippen MR) is 88.2 cm³/mol. The largest absolute Gasteiger partial charge is 0.295 e. The molecule has 0 saturated carbocycles. The molecule has 1 aliphatic rings. The molecule has 0 N–H and O–H groups in total. The Morgan fingerprint density at radius 1 is 0.810 bits per heavy atom. The first-order chi connectivity index (χ1) is 10.1. The van der Waals surface area contributed by atoms with Gasteiger partial charge in [-0.2, -0.15) is 0 Å². The third-order valence-electron chi connectivity index (χ3n) is 4.26. The molecular weight excluding hydrogens is 256 g/mol. The third-order valence-corrected chi connectivity index (χ3v) is 4.26. The molecule has 1 nitrogen and oxygen atoms in total. The number of carbonyl (C=O) groups is 1. The van der Waals surface area contributed by atoms with Gasteiger partial charge in [-0.15, -0.1) is 0 Å². The average molecular weight is 276 g/mol. The number of benzene rings is 2. The normalized spacial score (nSPS) is 14.9. The number of hydrogen-bond acceptors (Lipinski definition) is 1. The molecule has 0 aliphatic heterocycles. The summed E-state index contributed by atoms with van der Waals surface area (Å²) < 4.78 is 0. The number of aryl methyl sites for hydroxylation is 2. The van der Waals surface area contributed by atoms with Gasteiger partial charge in [-0.25, -0.2) is 0 Å². The number of Topliss-reactive ketones (excluding diaryl/α,β-unsaturated/α-hetero) is 1. The Hall–Kier alpha value is -2.15. The first-order valence-electron chi connectivity index (χ1n) is 7.47. The van der Waals surface area contributed by atoms with Gasteiger partial charge >= 0.3 is 0 Å². The summed E-state index contributed by atoms with van der Waals surface area (Å²) in [7, 11) is 0. The first kappa shape index (κ1) is 13.8. The van der Waals surface area contributed by atoms with Gasteiger partial charge in [0.2, 0.25) is 0 Å². The minimum Gasteiger partial charge on any atom is -0.295 e. The highest BCUT2D eigenvalue weighted by Gasteiger charge is 2.22. The van der Waals surface area contributed by atoms with Gasteiger partial charge in [0.05, 0.1) is 0 Å². The standard InChI is InChI=1S/C20H20O/c1-13-10-14(2)12-16(11-13)18-6-4-5-7-19(18)17-8-9-20(21)15(17)3/h4-7,10-12H,8-9H2,1-3H3. The van der Waals surface area contributed by atoms with Crippen molar-refractivity contribution in [2.45, 2.75) is 33.6 Å². The van der Waals surface area contributed by atoms with Gasteiger partial charge in [-0.3, -0.25) is 4.79 Å². The van der Waals surface area contributed by atoms with Crippen LogP contribution in [0.15, 0.2) is 48.0 Å². The molecule has 3 rings (SSSR count). The van der Waals surface area contributed by atoms with Crippen molar-refractivity contribution in [2.24, 2.45) is 0 Å². The molecule has 2 aromatic carbocycles. The van der Waals surface area contributed by atoms with Crippen LogP contribution in [0.4, 0.5) is 0 Å². The molecule has 0 heterocycles. The molecule has 1 heteroatoms. The van der Waals surface area contributed by atoms with Gasteiger partial charge in [0, 0.05) is 6.42 Å². The Morgan fingerprint density at radius 2 is 1.43 bits per heavy atom. The average Bonchev–Trinajstić information content (AvgIpc) is 2.78. The van der Waals surface area contributed by atoms with Crippen LogP contribution < -0.4 is 0 Å². The molecule has 2 aromatic rings. The minimum atomic E-state index is 0.292. The summed E-state index contributed by atoms with van der Waals surface area (Å²) in [5, 5.41) is 0. The second-order valence-electron chi connectivity index (χ2n) is 5.95. The molecule has 0 bridgehead atoms. The van der Waals surface area contributed by atoms with Gasteiger partial charge in [0.15, 0.2) is 5.78 Å². The van der Waals surface area contributed by atoms with Crippen molar-refractivity contribution >= 4 is 11.4 Å². The molecule has 0 spiro atoms. The van der Waals surface area contributed by atoms with E-state index in [9.17, 15) is 4.79 Å². The van der Waals surface area contributed by atoms with Crippen LogP contribution in [0.25, 0.3) is 16.7 Å². The molecule has 0 aromatic heterocycles. The smallest absolute Gasteiger partial charge is 0.159 e. The number of rotatable bonds is 2. The van der Waals surface area contributed by atoms with Crippen molar-refractivity contribution in [1.82, 2.24) is 0 Å². The van der Waals surface area contributed by atoms with Crippen molar-refractivity contribution in [3.8, 4) is 11.1 Å². The summed E-state index contributed by atoms with van der Waals surface area (Å²) in [5.41, 5.74) is 8.38. The summed E-state index contributed by atoms with van der Waals surface area (Å²) in [6, 6.07) is 15.1. The van der Waals surface area contributed by atoms with Crippen molar-refractivity contribution in [1.29, 1.82) is 0 Å². The SMILES string of the molecule is CC1=C(c2ccccc2-c2cc(C)cc(C)c2)CCC1=O. The van der Waals surface area contributed by atoms with E-state index < -0.39 is 0 Å². The fourth-order valence-electron chi connectivity index (χ4n) is 3.25. The molecule has 0 saturated heterocycles. The zero-order chi connectivity index (χ0) is 15.0. The lowest BCUT2D eigenvalue weighted by molar-refractivity contribution is -0.114. The Kier molecular flexibility index (Phi) is 3.50. The monoisotopic (exact) mass is 276 g/mol.